The maximum atomic E-state index is 2.99. The van der Waals surface area contributed by atoms with Crippen molar-refractivity contribution >= 4 is 46.3 Å². The van der Waals surface area contributed by atoms with Gasteiger partial charge >= 0.3 is 79.8 Å². The predicted molar refractivity (Wildman–Crippen MR) is 246 cm³/mol. The Labute approximate surface area is 376 Å². The van der Waals surface area contributed by atoms with Crippen molar-refractivity contribution in [2.75, 3.05) is 0 Å². The Morgan fingerprint density at radius 2 is 0.983 bits per heavy atom. The molecule has 1 aliphatic carbocycles. The van der Waals surface area contributed by atoms with Crippen molar-refractivity contribution in [3.8, 4) is 22.3 Å². The number of allylic oxidation sites excluding steroid dienone is 4. The van der Waals surface area contributed by atoms with Crippen LogP contribution < -0.4 is 24.8 Å². The molecule has 0 N–H and O–H groups in total. The molecule has 7 aromatic rings. The van der Waals surface area contributed by atoms with Crippen LogP contribution in [0.4, 0.5) is 0 Å². The Bertz CT molecular complexity index is 2360. The first-order valence-electron chi connectivity index (χ1n) is 20.6. The molecule has 0 atom stereocenters. The maximum absolute atomic E-state index is 2.99. The minimum atomic E-state index is -0.000185. The number of halogens is 2. The van der Waals surface area contributed by atoms with Crippen LogP contribution in [0.1, 0.15) is 99.6 Å². The molecule has 8 rings (SSSR count). The van der Waals surface area contributed by atoms with Gasteiger partial charge in [0.2, 0.25) is 0 Å². The second kappa shape index (κ2) is 20.2. The molecule has 0 amide bonds. The minimum Gasteiger partial charge on any atom is -1.00 e. The molecule has 0 saturated carbocycles. The van der Waals surface area contributed by atoms with Gasteiger partial charge in [0.15, 0.2) is 0 Å². The molecule has 0 aromatic heterocycles. The minimum absolute atomic E-state index is 0. The average molecular weight is 883 g/mol. The third-order valence-electron chi connectivity index (χ3n) is 10.7. The maximum Gasteiger partial charge on any atom is -0.109 e. The van der Waals surface area contributed by atoms with E-state index in [2.05, 4.69) is 197 Å². The van der Waals surface area contributed by atoms with Gasteiger partial charge in [-0.3, -0.25) is 6.08 Å². The second-order valence-electron chi connectivity index (χ2n) is 18.5. The molecule has 7 aromatic carbocycles. The van der Waals surface area contributed by atoms with E-state index < -0.39 is 0 Å². The molecule has 0 saturated heterocycles. The molecule has 0 aliphatic heterocycles. The van der Waals surface area contributed by atoms with Gasteiger partial charge in [-0.1, -0.05) is 139 Å². The van der Waals surface area contributed by atoms with Gasteiger partial charge in [0.25, 0.3) is 0 Å². The van der Waals surface area contributed by atoms with Crippen molar-refractivity contribution in [2.45, 2.75) is 99.3 Å². The van der Waals surface area contributed by atoms with Crippen LogP contribution >= 0.6 is 0 Å². The summed E-state index contributed by atoms with van der Waals surface area (Å²) in [4.78, 5) is 0. The summed E-state index contributed by atoms with van der Waals surface area (Å²) in [7, 11) is 0. The summed E-state index contributed by atoms with van der Waals surface area (Å²) in [6, 6.07) is 43.2. The predicted octanol–water partition coefficient (Wildman–Crippen LogP) is 10.1. The van der Waals surface area contributed by atoms with E-state index in [0.29, 0.717) is 0 Å². The van der Waals surface area contributed by atoms with E-state index in [1.54, 1.807) is 27.4 Å². The van der Waals surface area contributed by atoms with Crippen molar-refractivity contribution in [2.24, 2.45) is 11.8 Å². The van der Waals surface area contributed by atoms with E-state index in [9.17, 15) is 0 Å². The Kier molecular flexibility index (Phi) is 16.4. The van der Waals surface area contributed by atoms with Crippen LogP contribution in [0.15, 0.2) is 133 Å². The molecule has 0 radical (unpaired) electrons. The van der Waals surface area contributed by atoms with Gasteiger partial charge in [0.1, 0.15) is 0 Å². The standard InChI is InChI=1S/C41H37.C9H18.C5H5.2ClH.Zr/c1-40(2,3)38-24-34-28(22-36(38)32-19-11-15-26-13-7-9-17-30(26)32)21-29-23-37(39(25-35(29)34)41(4,5)6)33-20-12-16-27-14-8-10-18-31(27)33;1-8(2)6-5-7-9(3)4;1-2-4-5-3-1;;;/h7-25H,1-6H3;8-9H,6-7H2,1-4H3;1-3H,4H2;2*1H;/q-1;;-1;;;+2/p-2. The van der Waals surface area contributed by atoms with E-state index in [1.165, 1.54) is 89.3 Å². The van der Waals surface area contributed by atoms with Crippen LogP contribution in [-0.2, 0) is 35.1 Å². The van der Waals surface area contributed by atoms with Crippen LogP contribution in [0.2, 0.25) is 0 Å². The van der Waals surface area contributed by atoms with Gasteiger partial charge in [-0.25, -0.2) is 12.2 Å². The van der Waals surface area contributed by atoms with E-state index >= 15 is 0 Å². The molecule has 0 fully saturated rings. The summed E-state index contributed by atoms with van der Waals surface area (Å²) in [6.45, 7) is 23.2. The molecule has 300 valence electrons. The molecule has 1 aliphatic rings. The number of hydrogen-bond donors (Lipinski definition) is 0. The van der Waals surface area contributed by atoms with Gasteiger partial charge in [0.05, 0.1) is 0 Å². The van der Waals surface area contributed by atoms with E-state index in [-0.39, 0.29) is 35.6 Å². The summed E-state index contributed by atoms with van der Waals surface area (Å²) in [5, 5.41) is 10.5. The average Bonchev–Trinajstić information content (AvgIpc) is 3.84. The zero-order chi connectivity index (χ0) is 40.2. The Morgan fingerprint density at radius 3 is 1.33 bits per heavy atom. The molecular formula is C55H60Cl2Zr-2. The van der Waals surface area contributed by atoms with Gasteiger partial charge in [-0.05, 0) is 65.8 Å². The number of rotatable bonds is 6. The summed E-state index contributed by atoms with van der Waals surface area (Å²) in [6.07, 6.45) is 12.7. The van der Waals surface area contributed by atoms with Crippen molar-refractivity contribution < 1.29 is 49.0 Å². The quantitative estimate of drug-likeness (QED) is 0.146. The fourth-order valence-corrected chi connectivity index (χ4v) is 10.1. The van der Waals surface area contributed by atoms with Crippen molar-refractivity contribution in [1.82, 2.24) is 0 Å². The van der Waals surface area contributed by atoms with E-state index in [1.807, 2.05) is 12.2 Å². The number of hydrogen-bond acceptors (Lipinski definition) is 0. The van der Waals surface area contributed by atoms with Crippen LogP contribution in [0.3, 0.4) is 0 Å². The van der Waals surface area contributed by atoms with Crippen molar-refractivity contribution in [1.29, 1.82) is 0 Å². The topological polar surface area (TPSA) is 0 Å². The molecule has 3 heteroatoms. The monoisotopic (exact) mass is 880 g/mol. The van der Waals surface area contributed by atoms with E-state index in [4.69, 9.17) is 0 Å². The largest absolute Gasteiger partial charge is 1.00 e. The first-order valence-corrected chi connectivity index (χ1v) is 21.8. The number of benzene rings is 6. The summed E-state index contributed by atoms with van der Waals surface area (Å²) in [5.74, 6) is 1.71. The molecule has 0 unspecified atom stereocenters. The molecular weight excluding hydrogens is 823 g/mol. The Morgan fingerprint density at radius 1 is 0.569 bits per heavy atom. The molecule has 0 heterocycles. The van der Waals surface area contributed by atoms with Crippen LogP contribution in [0.25, 0.3) is 65.3 Å². The smallest absolute Gasteiger partial charge is 0.109 e. The Balaban J connectivity index is 0.000000372. The van der Waals surface area contributed by atoms with Crippen molar-refractivity contribution in [3.05, 3.63) is 151 Å². The van der Waals surface area contributed by atoms with Crippen LogP contribution in [0.5, 0.6) is 0 Å². The normalized spacial score (nSPS) is 12.4. The van der Waals surface area contributed by atoms with Gasteiger partial charge < -0.3 is 24.8 Å². The van der Waals surface area contributed by atoms with E-state index in [0.717, 1.165) is 18.3 Å². The summed E-state index contributed by atoms with van der Waals surface area (Å²) < 4.78 is 1.75. The van der Waals surface area contributed by atoms with Gasteiger partial charge in [-0.15, -0.1) is 46.2 Å². The third-order valence-corrected chi connectivity index (χ3v) is 11.7. The molecule has 0 nitrogen and oxygen atoms in total. The van der Waals surface area contributed by atoms with Crippen LogP contribution in [-0.4, -0.2) is 3.21 Å². The van der Waals surface area contributed by atoms with Gasteiger partial charge in [-0.2, -0.15) is 6.08 Å². The fraction of sp³-hybridized carbons (Fsp3) is 0.309. The molecule has 0 bridgehead atoms. The summed E-state index contributed by atoms with van der Waals surface area (Å²) >= 11 is 1.65. The fourth-order valence-electron chi connectivity index (χ4n) is 8.12. The molecule has 0 spiro atoms. The Hall–Kier alpha value is -3.48. The zero-order valence-corrected chi connectivity index (χ0v) is 40.2. The summed E-state index contributed by atoms with van der Waals surface area (Å²) in [5.41, 5.74) is 8.08. The second-order valence-corrected chi connectivity index (χ2v) is 20.2. The van der Waals surface area contributed by atoms with Crippen molar-refractivity contribution in [3.63, 3.8) is 0 Å². The zero-order valence-electron chi connectivity index (χ0n) is 36.2. The first kappa shape index (κ1) is 47.2. The third kappa shape index (κ3) is 11.2. The van der Waals surface area contributed by atoms with Gasteiger partial charge in [0, 0.05) is 0 Å². The van der Waals surface area contributed by atoms with Crippen LogP contribution in [0, 0.1) is 17.9 Å². The SMILES string of the molecule is CC(C)(C)c1cc2c(cc1-c1cccc3ccccc13)[cH-]c1cc(-c3cccc4ccccc34)c(C(C)(C)C)cc12.CC(C)C[C](=[Zr+2])CC(C)C.[C-]1=CC=CC1.[Cl-].[Cl-]. The molecule has 58 heavy (non-hydrogen) atoms. The first-order chi connectivity index (χ1) is 26.6. The number of fused-ring (bicyclic) bond motifs is 5.